The van der Waals surface area contributed by atoms with Crippen LogP contribution >= 0.6 is 11.3 Å². The molecule has 142 valence electrons. The van der Waals surface area contributed by atoms with E-state index in [1.54, 1.807) is 32.1 Å². The van der Waals surface area contributed by atoms with Crippen molar-refractivity contribution in [3.8, 4) is 5.75 Å². The summed E-state index contributed by atoms with van der Waals surface area (Å²) in [6, 6.07) is 5.32. The van der Waals surface area contributed by atoms with Crippen LogP contribution in [0.1, 0.15) is 45.8 Å². The van der Waals surface area contributed by atoms with Gasteiger partial charge in [-0.1, -0.05) is 24.8 Å². The first-order chi connectivity index (χ1) is 12.9. The van der Waals surface area contributed by atoms with Crippen LogP contribution in [-0.2, 0) is 16.1 Å². The summed E-state index contributed by atoms with van der Waals surface area (Å²) in [5.74, 6) is 0.226. The van der Waals surface area contributed by atoms with Crippen molar-refractivity contribution in [2.24, 2.45) is 5.73 Å². The molecule has 0 saturated carbocycles. The number of rotatable bonds is 8. The van der Waals surface area contributed by atoms with Crippen LogP contribution < -0.4 is 10.5 Å². The molecule has 2 rings (SSSR count). The van der Waals surface area contributed by atoms with E-state index < -0.39 is 5.97 Å². The standard InChI is InChI=1S/C21H23NO4S/c1-5-17(21(24)25-6-2)20-19(14(4)22)16(12-27-20)11-26-18-9-7-8-15(10-23)13(18)3/h5,7-10,12H,4,6,11,22H2,1-3H3/b17-5+. The Morgan fingerprint density at radius 2 is 2.11 bits per heavy atom. The van der Waals surface area contributed by atoms with Gasteiger partial charge in [0.05, 0.1) is 17.1 Å². The zero-order chi connectivity index (χ0) is 20.0. The number of benzene rings is 1. The highest BCUT2D eigenvalue weighted by Crippen LogP contribution is 2.34. The summed E-state index contributed by atoms with van der Waals surface area (Å²) in [4.78, 5) is 24.0. The third kappa shape index (κ3) is 4.46. The number of nitrogens with two attached hydrogens (primary N) is 1. The van der Waals surface area contributed by atoms with Gasteiger partial charge >= 0.3 is 5.97 Å². The molecule has 0 aliphatic carbocycles. The molecule has 27 heavy (non-hydrogen) atoms. The summed E-state index contributed by atoms with van der Waals surface area (Å²) in [5.41, 5.74) is 9.67. The largest absolute Gasteiger partial charge is 0.489 e. The van der Waals surface area contributed by atoms with Gasteiger partial charge in [-0.15, -0.1) is 11.3 Å². The van der Waals surface area contributed by atoms with Gasteiger partial charge < -0.3 is 15.2 Å². The molecule has 0 saturated heterocycles. The zero-order valence-corrected chi connectivity index (χ0v) is 16.5. The van der Waals surface area contributed by atoms with Crippen molar-refractivity contribution in [1.82, 2.24) is 0 Å². The van der Waals surface area contributed by atoms with E-state index in [-0.39, 0.29) is 6.61 Å². The fourth-order valence-corrected chi connectivity index (χ4v) is 3.83. The number of hydrogen-bond donors (Lipinski definition) is 1. The van der Waals surface area contributed by atoms with Crippen LogP contribution in [-0.4, -0.2) is 18.9 Å². The van der Waals surface area contributed by atoms with Crippen molar-refractivity contribution in [2.75, 3.05) is 6.61 Å². The molecule has 0 aliphatic heterocycles. The number of aldehydes is 1. The normalized spacial score (nSPS) is 11.1. The van der Waals surface area contributed by atoms with Gasteiger partial charge in [0, 0.05) is 28.0 Å². The number of thiophene rings is 1. The first-order valence-corrected chi connectivity index (χ1v) is 9.39. The lowest BCUT2D eigenvalue weighted by Gasteiger charge is -2.12. The first kappa shape index (κ1) is 20.5. The van der Waals surface area contributed by atoms with E-state index in [9.17, 15) is 9.59 Å². The number of hydrogen-bond acceptors (Lipinski definition) is 6. The van der Waals surface area contributed by atoms with Gasteiger partial charge in [0.25, 0.3) is 0 Å². The summed E-state index contributed by atoms with van der Waals surface area (Å²) >= 11 is 1.39. The van der Waals surface area contributed by atoms with Gasteiger partial charge in [-0.2, -0.15) is 0 Å². The van der Waals surface area contributed by atoms with Crippen molar-refractivity contribution in [1.29, 1.82) is 0 Å². The lowest BCUT2D eigenvalue weighted by Crippen LogP contribution is -2.09. The minimum Gasteiger partial charge on any atom is -0.489 e. The molecule has 1 aromatic carbocycles. The lowest BCUT2D eigenvalue weighted by molar-refractivity contribution is -0.136. The Morgan fingerprint density at radius 1 is 1.37 bits per heavy atom. The molecule has 1 aromatic heterocycles. The molecule has 6 heteroatoms. The topological polar surface area (TPSA) is 78.6 Å². The maximum atomic E-state index is 12.2. The Hall–Kier alpha value is -2.86. The molecule has 0 unspecified atom stereocenters. The second-order valence-electron chi connectivity index (χ2n) is 5.79. The molecule has 0 fully saturated rings. The van der Waals surface area contributed by atoms with Gasteiger partial charge in [-0.3, -0.25) is 4.79 Å². The number of esters is 1. The maximum absolute atomic E-state index is 12.2. The molecule has 0 amide bonds. The summed E-state index contributed by atoms with van der Waals surface area (Å²) < 4.78 is 11.0. The Labute approximate surface area is 163 Å². The Kier molecular flexibility index (Phi) is 6.96. The summed E-state index contributed by atoms with van der Waals surface area (Å²) in [6.07, 6.45) is 2.51. The van der Waals surface area contributed by atoms with Crippen LogP contribution in [0.15, 0.2) is 36.2 Å². The average Bonchev–Trinajstić information content (AvgIpc) is 3.05. The van der Waals surface area contributed by atoms with Crippen molar-refractivity contribution in [2.45, 2.75) is 27.4 Å². The molecule has 0 spiro atoms. The van der Waals surface area contributed by atoms with Gasteiger partial charge in [0.2, 0.25) is 0 Å². The van der Waals surface area contributed by atoms with E-state index >= 15 is 0 Å². The lowest BCUT2D eigenvalue weighted by atomic mass is 10.0. The van der Waals surface area contributed by atoms with E-state index in [1.807, 2.05) is 18.4 Å². The minimum absolute atomic E-state index is 0.241. The molecular formula is C21H23NO4S. The van der Waals surface area contributed by atoms with E-state index in [0.717, 1.165) is 17.4 Å². The molecule has 0 atom stereocenters. The van der Waals surface area contributed by atoms with E-state index in [4.69, 9.17) is 15.2 Å². The van der Waals surface area contributed by atoms with E-state index in [2.05, 4.69) is 6.58 Å². The highest BCUT2D eigenvalue weighted by molar-refractivity contribution is 7.12. The fourth-order valence-electron chi connectivity index (χ4n) is 2.67. The Bertz CT molecular complexity index is 896. The number of carbonyl (C=O) groups excluding carboxylic acids is 2. The maximum Gasteiger partial charge on any atom is 0.339 e. The van der Waals surface area contributed by atoms with Crippen LogP contribution in [0, 0.1) is 6.92 Å². The van der Waals surface area contributed by atoms with Gasteiger partial charge in [-0.25, -0.2) is 4.79 Å². The van der Waals surface area contributed by atoms with E-state index in [1.165, 1.54) is 11.3 Å². The summed E-state index contributed by atoms with van der Waals surface area (Å²) in [7, 11) is 0. The van der Waals surface area contributed by atoms with Gasteiger partial charge in [-0.05, 0) is 32.2 Å². The molecule has 0 aliphatic rings. The van der Waals surface area contributed by atoms with Crippen LogP contribution in [0.2, 0.25) is 0 Å². The molecule has 1 heterocycles. The monoisotopic (exact) mass is 385 g/mol. The van der Waals surface area contributed by atoms with Crippen LogP contribution in [0.4, 0.5) is 0 Å². The third-order valence-electron chi connectivity index (χ3n) is 4.05. The highest BCUT2D eigenvalue weighted by Gasteiger charge is 2.22. The smallest absolute Gasteiger partial charge is 0.339 e. The van der Waals surface area contributed by atoms with Crippen LogP contribution in [0.25, 0.3) is 11.3 Å². The van der Waals surface area contributed by atoms with Crippen LogP contribution in [0.5, 0.6) is 5.75 Å². The summed E-state index contributed by atoms with van der Waals surface area (Å²) in [6.45, 7) is 9.75. The quantitative estimate of drug-likeness (QED) is 0.415. The molecule has 0 bridgehead atoms. The zero-order valence-electron chi connectivity index (χ0n) is 15.7. The predicted molar refractivity (Wildman–Crippen MR) is 109 cm³/mol. The van der Waals surface area contributed by atoms with Crippen molar-refractivity contribution < 1.29 is 19.1 Å². The minimum atomic E-state index is -0.397. The highest BCUT2D eigenvalue weighted by atomic mass is 32.1. The molecule has 5 nitrogen and oxygen atoms in total. The second-order valence-corrected chi connectivity index (χ2v) is 6.67. The van der Waals surface area contributed by atoms with Crippen molar-refractivity contribution in [3.63, 3.8) is 0 Å². The van der Waals surface area contributed by atoms with Gasteiger partial charge in [0.15, 0.2) is 0 Å². The Morgan fingerprint density at radius 3 is 2.70 bits per heavy atom. The number of carbonyl (C=O) groups is 2. The molecule has 2 aromatic rings. The third-order valence-corrected chi connectivity index (χ3v) is 5.12. The molecular weight excluding hydrogens is 362 g/mol. The molecule has 0 radical (unpaired) electrons. The van der Waals surface area contributed by atoms with Crippen molar-refractivity contribution in [3.05, 3.63) is 63.4 Å². The summed E-state index contributed by atoms with van der Waals surface area (Å²) in [5, 5.41) is 1.89. The number of allylic oxidation sites excluding steroid dienone is 1. The first-order valence-electron chi connectivity index (χ1n) is 8.51. The average molecular weight is 385 g/mol. The number of ether oxygens (including phenoxy) is 2. The fraction of sp³-hybridized carbons (Fsp3) is 0.238. The Balaban J connectivity index is 2.34. The SMILES string of the molecule is C=C(N)c1c(COc2cccc(C=O)c2C)csc1/C(=C\C)C(=O)OCC. The van der Waals surface area contributed by atoms with E-state index in [0.29, 0.717) is 39.6 Å². The second kappa shape index (κ2) is 9.19. The molecule has 2 N–H and O–H groups in total. The van der Waals surface area contributed by atoms with Crippen LogP contribution in [0.3, 0.4) is 0 Å². The van der Waals surface area contributed by atoms with Gasteiger partial charge in [0.1, 0.15) is 18.6 Å². The predicted octanol–water partition coefficient (Wildman–Crippen LogP) is 4.34. The van der Waals surface area contributed by atoms with Crippen molar-refractivity contribution >= 4 is 34.9 Å².